The third-order valence-electron chi connectivity index (χ3n) is 1.43. The van der Waals surface area contributed by atoms with Crippen molar-refractivity contribution in [2.75, 3.05) is 5.43 Å². The number of nitrogens with one attached hydrogen (secondary N) is 3. The van der Waals surface area contributed by atoms with E-state index in [1.54, 1.807) is 0 Å². The number of aromatic amines is 1. The van der Waals surface area contributed by atoms with Gasteiger partial charge in [0, 0.05) is 6.42 Å². The van der Waals surface area contributed by atoms with Gasteiger partial charge in [-0.15, -0.1) is 5.10 Å². The molecule has 0 aromatic carbocycles. The summed E-state index contributed by atoms with van der Waals surface area (Å²) in [7, 11) is 0. The average Bonchev–Trinajstić information content (AvgIpc) is 2.47. The molecule has 0 aliphatic heterocycles. The maximum atomic E-state index is 10.3. The summed E-state index contributed by atoms with van der Waals surface area (Å²) < 4.78 is 0. The molecule has 0 radical (unpaired) electrons. The fourth-order valence-electron chi connectivity index (χ4n) is 0.947. The Morgan fingerprint density at radius 2 is 2.36 bits per heavy atom. The predicted molar refractivity (Wildman–Crippen MR) is 51.3 cm³/mol. The summed E-state index contributed by atoms with van der Waals surface area (Å²) >= 11 is 0. The number of amides is 2. The molecule has 1 heterocycles. The third-order valence-corrected chi connectivity index (χ3v) is 1.43. The molecule has 5 N–H and O–H groups in total. The van der Waals surface area contributed by atoms with Crippen molar-refractivity contribution in [3.63, 3.8) is 0 Å². The van der Waals surface area contributed by atoms with E-state index in [0.29, 0.717) is 11.9 Å². The molecule has 7 heteroatoms. The van der Waals surface area contributed by atoms with Crippen molar-refractivity contribution < 1.29 is 4.79 Å². The number of urea groups is 1. The van der Waals surface area contributed by atoms with Gasteiger partial charge in [0.05, 0.1) is 0 Å². The zero-order valence-corrected chi connectivity index (χ0v) is 8.16. The first-order chi connectivity index (χ1) is 6.58. The van der Waals surface area contributed by atoms with Crippen LogP contribution in [0.5, 0.6) is 0 Å². The number of anilines is 1. The molecular formula is C7H14N6O. The number of hydrazine groups is 1. The molecule has 0 saturated heterocycles. The smallest absolute Gasteiger partial charge is 0.330 e. The van der Waals surface area contributed by atoms with Crippen LogP contribution >= 0.6 is 0 Å². The van der Waals surface area contributed by atoms with Gasteiger partial charge in [0.15, 0.2) is 0 Å². The van der Waals surface area contributed by atoms with Crippen LogP contribution in [0.2, 0.25) is 0 Å². The van der Waals surface area contributed by atoms with Crippen LogP contribution in [0.1, 0.15) is 19.7 Å². The molecule has 0 saturated carbocycles. The number of rotatable bonds is 4. The van der Waals surface area contributed by atoms with Gasteiger partial charge in [-0.3, -0.25) is 10.5 Å². The highest BCUT2D eigenvalue weighted by molar-refractivity contribution is 5.72. The molecule has 7 nitrogen and oxygen atoms in total. The van der Waals surface area contributed by atoms with E-state index in [1.807, 2.05) is 0 Å². The number of primary amides is 1. The Kier molecular flexibility index (Phi) is 3.27. The molecule has 0 unspecified atom stereocenters. The molecule has 0 fully saturated rings. The van der Waals surface area contributed by atoms with Crippen molar-refractivity contribution in [3.8, 4) is 0 Å². The number of carbonyl (C=O) groups is 1. The van der Waals surface area contributed by atoms with E-state index in [0.717, 1.165) is 12.2 Å². The minimum atomic E-state index is -0.680. The molecule has 1 rings (SSSR count). The number of nitrogens with zero attached hydrogens (tertiary/aromatic N) is 2. The maximum absolute atomic E-state index is 10.3. The van der Waals surface area contributed by atoms with Crippen molar-refractivity contribution >= 4 is 12.0 Å². The van der Waals surface area contributed by atoms with Crippen LogP contribution in [0, 0.1) is 5.92 Å². The summed E-state index contributed by atoms with van der Waals surface area (Å²) in [5, 5.41) is 6.57. The Bertz CT molecular complexity index is 307. The second-order valence-electron chi connectivity index (χ2n) is 3.32. The fourth-order valence-corrected chi connectivity index (χ4v) is 0.947. The largest absolute Gasteiger partial charge is 0.350 e. The lowest BCUT2D eigenvalue weighted by atomic mass is 10.1. The van der Waals surface area contributed by atoms with Crippen LogP contribution in [0.15, 0.2) is 0 Å². The quantitative estimate of drug-likeness (QED) is 0.510. The van der Waals surface area contributed by atoms with Crippen molar-refractivity contribution in [1.82, 2.24) is 20.6 Å². The van der Waals surface area contributed by atoms with Crippen LogP contribution in [0.25, 0.3) is 0 Å². The van der Waals surface area contributed by atoms with E-state index in [2.05, 4.69) is 39.9 Å². The lowest BCUT2D eigenvalue weighted by Gasteiger charge is -1.99. The van der Waals surface area contributed by atoms with Gasteiger partial charge in [-0.25, -0.2) is 10.2 Å². The second kappa shape index (κ2) is 4.45. The van der Waals surface area contributed by atoms with Gasteiger partial charge >= 0.3 is 6.03 Å². The highest BCUT2D eigenvalue weighted by Gasteiger charge is 2.04. The van der Waals surface area contributed by atoms with Gasteiger partial charge in [-0.2, -0.15) is 4.98 Å². The number of hydrogen-bond acceptors (Lipinski definition) is 4. The summed E-state index contributed by atoms with van der Waals surface area (Å²) in [6, 6.07) is -0.680. The van der Waals surface area contributed by atoms with Crippen molar-refractivity contribution in [2.45, 2.75) is 20.3 Å². The lowest BCUT2D eigenvalue weighted by Crippen LogP contribution is -2.34. The van der Waals surface area contributed by atoms with Crippen LogP contribution in [0.4, 0.5) is 10.7 Å². The molecule has 1 aromatic heterocycles. The summed E-state index contributed by atoms with van der Waals surface area (Å²) in [6.07, 6.45) is 0.811. The highest BCUT2D eigenvalue weighted by atomic mass is 16.2. The van der Waals surface area contributed by atoms with Crippen LogP contribution in [-0.2, 0) is 6.42 Å². The van der Waals surface area contributed by atoms with Gasteiger partial charge in [0.25, 0.3) is 5.95 Å². The zero-order valence-electron chi connectivity index (χ0n) is 8.16. The third kappa shape index (κ3) is 3.30. The van der Waals surface area contributed by atoms with Crippen molar-refractivity contribution in [1.29, 1.82) is 0 Å². The average molecular weight is 198 g/mol. The number of H-pyrrole nitrogens is 1. The monoisotopic (exact) mass is 198 g/mol. The highest BCUT2D eigenvalue weighted by Crippen LogP contribution is 2.03. The molecule has 0 aliphatic rings. The Morgan fingerprint density at radius 1 is 1.64 bits per heavy atom. The number of nitrogens with two attached hydrogens (primary N) is 1. The van der Waals surface area contributed by atoms with E-state index < -0.39 is 6.03 Å². The zero-order chi connectivity index (χ0) is 10.6. The Balaban J connectivity index is 2.46. The minimum Gasteiger partial charge on any atom is -0.350 e. The molecule has 0 aliphatic carbocycles. The molecular weight excluding hydrogens is 184 g/mol. The molecule has 0 atom stereocenters. The van der Waals surface area contributed by atoms with Crippen LogP contribution in [-0.4, -0.2) is 21.2 Å². The predicted octanol–water partition coefficient (Wildman–Crippen LogP) is -0.00160. The summed E-state index contributed by atoms with van der Waals surface area (Å²) in [5.41, 5.74) is 9.48. The Labute approximate surface area is 81.4 Å². The van der Waals surface area contributed by atoms with Crippen molar-refractivity contribution in [2.24, 2.45) is 11.7 Å². The maximum Gasteiger partial charge on any atom is 0.330 e. The topological polar surface area (TPSA) is 109 Å². The molecule has 14 heavy (non-hydrogen) atoms. The number of aromatic nitrogens is 3. The standard InChI is InChI=1S/C7H14N6O/c1-4(2)3-5-9-7(12-10-5)13-11-6(8)14/h4H,3H2,1-2H3,(H3,8,11,14)(H2,9,10,12,13). The lowest BCUT2D eigenvalue weighted by molar-refractivity contribution is 0.250. The first-order valence-corrected chi connectivity index (χ1v) is 4.30. The second-order valence-corrected chi connectivity index (χ2v) is 3.32. The van der Waals surface area contributed by atoms with Crippen molar-refractivity contribution in [3.05, 3.63) is 5.82 Å². The van der Waals surface area contributed by atoms with Crippen LogP contribution in [0.3, 0.4) is 0 Å². The number of carbonyl (C=O) groups excluding carboxylic acids is 1. The SMILES string of the molecule is CC(C)Cc1nc(NNC(N)=O)n[nH]1. The van der Waals surface area contributed by atoms with E-state index in [-0.39, 0.29) is 0 Å². The van der Waals surface area contributed by atoms with Gasteiger partial charge in [0.1, 0.15) is 5.82 Å². The summed E-state index contributed by atoms with van der Waals surface area (Å²) in [5.74, 6) is 1.58. The first-order valence-electron chi connectivity index (χ1n) is 4.30. The minimum absolute atomic E-state index is 0.305. The van der Waals surface area contributed by atoms with E-state index in [1.165, 1.54) is 0 Å². The number of hydrogen-bond donors (Lipinski definition) is 4. The molecule has 0 spiro atoms. The fraction of sp³-hybridized carbons (Fsp3) is 0.571. The van der Waals surface area contributed by atoms with E-state index in [4.69, 9.17) is 5.73 Å². The summed E-state index contributed by atoms with van der Waals surface area (Å²) in [6.45, 7) is 4.16. The first kappa shape index (κ1) is 10.3. The summed E-state index contributed by atoms with van der Waals surface area (Å²) in [4.78, 5) is 14.4. The Hall–Kier alpha value is -1.79. The van der Waals surface area contributed by atoms with Crippen LogP contribution < -0.4 is 16.6 Å². The molecule has 78 valence electrons. The molecule has 2 amide bonds. The normalized spacial score (nSPS) is 10.2. The van der Waals surface area contributed by atoms with Gasteiger partial charge in [-0.1, -0.05) is 13.8 Å². The molecule has 0 bridgehead atoms. The van der Waals surface area contributed by atoms with E-state index >= 15 is 0 Å². The van der Waals surface area contributed by atoms with Gasteiger partial charge < -0.3 is 5.73 Å². The Morgan fingerprint density at radius 3 is 2.93 bits per heavy atom. The molecule has 1 aromatic rings. The van der Waals surface area contributed by atoms with Gasteiger partial charge in [-0.05, 0) is 5.92 Å². The van der Waals surface area contributed by atoms with Gasteiger partial charge in [0.2, 0.25) is 0 Å². The van der Waals surface area contributed by atoms with E-state index in [9.17, 15) is 4.79 Å².